The van der Waals surface area contributed by atoms with Gasteiger partial charge in [-0.3, -0.25) is 9.79 Å². The molecule has 0 spiro atoms. The van der Waals surface area contributed by atoms with Crippen molar-refractivity contribution in [2.75, 3.05) is 0 Å². The molecular weight excluding hydrogens is 474 g/mol. The molecule has 5 nitrogen and oxygen atoms in total. The molecule has 0 aromatic heterocycles. The van der Waals surface area contributed by atoms with Crippen molar-refractivity contribution in [1.29, 1.82) is 0 Å². The number of hydrogen-bond acceptors (Lipinski definition) is 4. The largest absolute Gasteiger partial charge is 0.416 e. The normalized spacial score (nSPS) is 16.9. The maximum Gasteiger partial charge on any atom is 0.416 e. The van der Waals surface area contributed by atoms with E-state index in [2.05, 4.69) is 10.3 Å². The van der Waals surface area contributed by atoms with Crippen LogP contribution in [0.4, 0.5) is 26.3 Å². The molecular formula is C21H16F6N2O3S. The summed E-state index contributed by atoms with van der Waals surface area (Å²) in [7, 11) is -4.37. The van der Waals surface area contributed by atoms with Gasteiger partial charge in [0.2, 0.25) is 9.84 Å². The van der Waals surface area contributed by atoms with Gasteiger partial charge >= 0.3 is 12.4 Å². The van der Waals surface area contributed by atoms with Crippen molar-refractivity contribution in [2.24, 2.45) is 10.9 Å². The summed E-state index contributed by atoms with van der Waals surface area (Å²) in [5.74, 6) is -2.62. The lowest BCUT2D eigenvalue weighted by molar-refractivity contribution is -0.153. The third kappa shape index (κ3) is 5.62. The summed E-state index contributed by atoms with van der Waals surface area (Å²) in [5.41, 5.74) is -1.31. The predicted molar refractivity (Wildman–Crippen MR) is 106 cm³/mol. The monoisotopic (exact) mass is 490 g/mol. The molecule has 0 saturated heterocycles. The van der Waals surface area contributed by atoms with Crippen LogP contribution in [0, 0.1) is 5.92 Å². The minimum Gasteiger partial charge on any atom is -0.347 e. The summed E-state index contributed by atoms with van der Waals surface area (Å²) in [6.07, 6.45) is -8.03. The molecule has 0 radical (unpaired) electrons. The molecule has 1 aliphatic heterocycles. The van der Waals surface area contributed by atoms with Crippen LogP contribution in [0.2, 0.25) is 0 Å². The number of allylic oxidation sites excluding steroid dienone is 1. The van der Waals surface area contributed by atoms with Gasteiger partial charge in [-0.15, -0.1) is 0 Å². The van der Waals surface area contributed by atoms with E-state index in [1.807, 2.05) is 0 Å². The third-order valence-electron chi connectivity index (χ3n) is 4.78. The first-order chi connectivity index (χ1) is 15.3. The molecule has 0 saturated carbocycles. The number of sulfone groups is 1. The number of carbonyl (C=O) groups is 1. The molecule has 2 aromatic rings. The van der Waals surface area contributed by atoms with Gasteiger partial charge in [0.25, 0.3) is 5.91 Å². The fourth-order valence-corrected chi connectivity index (χ4v) is 4.57. The summed E-state index contributed by atoms with van der Waals surface area (Å²) in [4.78, 5) is 14.9. The third-order valence-corrected chi connectivity index (χ3v) is 6.64. The molecule has 33 heavy (non-hydrogen) atoms. The molecule has 1 unspecified atom stereocenters. The summed E-state index contributed by atoms with van der Waals surface area (Å²) in [6, 6.07) is 8.65. The van der Waals surface area contributed by atoms with Crippen molar-refractivity contribution in [3.8, 4) is 0 Å². The van der Waals surface area contributed by atoms with Crippen molar-refractivity contribution >= 4 is 22.0 Å². The first kappa shape index (κ1) is 24.5. The van der Waals surface area contributed by atoms with Crippen LogP contribution >= 0.6 is 0 Å². The van der Waals surface area contributed by atoms with Crippen molar-refractivity contribution < 1.29 is 39.6 Å². The maximum atomic E-state index is 13.0. The number of nitrogens with one attached hydrogen (secondary N) is 1. The highest BCUT2D eigenvalue weighted by Crippen LogP contribution is 2.33. The topological polar surface area (TPSA) is 75.6 Å². The van der Waals surface area contributed by atoms with Crippen molar-refractivity contribution in [3.63, 3.8) is 0 Å². The highest BCUT2D eigenvalue weighted by molar-refractivity contribution is 7.91. The first-order valence-electron chi connectivity index (χ1n) is 9.39. The van der Waals surface area contributed by atoms with Gasteiger partial charge in [0.15, 0.2) is 0 Å². The van der Waals surface area contributed by atoms with E-state index in [-0.39, 0.29) is 22.7 Å². The number of benzene rings is 2. The smallest absolute Gasteiger partial charge is 0.347 e. The van der Waals surface area contributed by atoms with E-state index >= 15 is 0 Å². The van der Waals surface area contributed by atoms with Crippen molar-refractivity contribution in [3.05, 3.63) is 71.4 Å². The van der Waals surface area contributed by atoms with Crippen LogP contribution in [0.25, 0.3) is 0 Å². The lowest BCUT2D eigenvalue weighted by atomic mass is 10.0. The standard InChI is InChI=1S/C21H16F6N2O3S/c22-20(23,24)14-5-3-6-16(10-14)33(31,32)18-7-2-1-4-13(18)11-29-19(30)17-9-8-15(12-28-17)21(25,26)27/h1-7,9-10,12,15H,8,11H2,(H,29,30). The Bertz CT molecular complexity index is 1220. The van der Waals surface area contributed by atoms with E-state index in [4.69, 9.17) is 0 Å². The highest BCUT2D eigenvalue weighted by Gasteiger charge is 2.39. The molecule has 1 heterocycles. The fraction of sp³-hybridized carbons (Fsp3) is 0.238. The molecule has 1 amide bonds. The number of aliphatic imine (C=N–C) groups is 1. The Labute approximate surface area is 184 Å². The fourth-order valence-electron chi connectivity index (χ4n) is 3.04. The van der Waals surface area contributed by atoms with Gasteiger partial charge in [-0.25, -0.2) is 8.42 Å². The van der Waals surface area contributed by atoms with E-state index in [1.165, 1.54) is 24.3 Å². The number of alkyl halides is 6. The number of amides is 1. The van der Waals surface area contributed by atoms with Crippen LogP contribution in [0.15, 0.2) is 75.1 Å². The van der Waals surface area contributed by atoms with Gasteiger partial charge < -0.3 is 5.32 Å². The zero-order valence-electron chi connectivity index (χ0n) is 16.6. The molecule has 2 aromatic carbocycles. The number of carbonyl (C=O) groups excluding carboxylic acids is 1. The first-order valence-corrected chi connectivity index (χ1v) is 10.9. The highest BCUT2D eigenvalue weighted by atomic mass is 32.2. The second kappa shape index (κ2) is 9.00. The Kier molecular flexibility index (Phi) is 6.68. The molecule has 176 valence electrons. The molecule has 3 rings (SSSR count). The Hall–Kier alpha value is -3.15. The molecule has 12 heteroatoms. The van der Waals surface area contributed by atoms with Gasteiger partial charge in [0.05, 0.1) is 21.3 Å². The van der Waals surface area contributed by atoms with Gasteiger partial charge in [0.1, 0.15) is 5.70 Å². The second-order valence-corrected chi connectivity index (χ2v) is 8.99. The van der Waals surface area contributed by atoms with E-state index in [0.717, 1.165) is 24.3 Å². The van der Waals surface area contributed by atoms with E-state index in [0.29, 0.717) is 12.3 Å². The Balaban J connectivity index is 1.80. The minimum atomic E-state index is -4.74. The lowest BCUT2D eigenvalue weighted by Crippen LogP contribution is -2.29. The average Bonchev–Trinajstić information content (AvgIpc) is 2.76. The Morgan fingerprint density at radius 2 is 1.73 bits per heavy atom. The van der Waals surface area contributed by atoms with Crippen LogP contribution in [0.1, 0.15) is 17.5 Å². The minimum absolute atomic E-state index is 0.0804. The second-order valence-electron chi connectivity index (χ2n) is 7.07. The molecule has 1 aliphatic rings. The van der Waals surface area contributed by atoms with E-state index in [9.17, 15) is 39.6 Å². The van der Waals surface area contributed by atoms with Crippen LogP contribution in [-0.2, 0) is 27.4 Å². The molecule has 0 bridgehead atoms. The van der Waals surface area contributed by atoms with Gasteiger partial charge in [-0.2, -0.15) is 26.3 Å². The lowest BCUT2D eigenvalue weighted by Gasteiger charge is -2.18. The summed E-state index contributed by atoms with van der Waals surface area (Å²) in [6.45, 7) is -0.344. The molecule has 1 atom stereocenters. The van der Waals surface area contributed by atoms with Crippen molar-refractivity contribution in [1.82, 2.24) is 5.32 Å². The quantitative estimate of drug-likeness (QED) is 0.618. The summed E-state index contributed by atoms with van der Waals surface area (Å²) >= 11 is 0. The summed E-state index contributed by atoms with van der Waals surface area (Å²) < 4.78 is 103. The maximum absolute atomic E-state index is 13.0. The number of nitrogens with zero attached hydrogens (tertiary/aromatic N) is 1. The number of hydrogen-bond donors (Lipinski definition) is 1. The van der Waals surface area contributed by atoms with Gasteiger partial charge in [0, 0.05) is 12.8 Å². The SMILES string of the molecule is O=C(NCc1ccccc1S(=O)(=O)c1cccc(C(F)(F)F)c1)C1=CCC(C(F)(F)F)C=N1. The van der Waals surface area contributed by atoms with Crippen molar-refractivity contribution in [2.45, 2.75) is 35.1 Å². The Morgan fingerprint density at radius 3 is 2.33 bits per heavy atom. The zero-order valence-corrected chi connectivity index (χ0v) is 17.4. The predicted octanol–water partition coefficient (Wildman–Crippen LogP) is 4.69. The average molecular weight is 490 g/mol. The Morgan fingerprint density at radius 1 is 1.03 bits per heavy atom. The van der Waals surface area contributed by atoms with Crippen LogP contribution in [0.5, 0.6) is 0 Å². The number of rotatable bonds is 5. The van der Waals surface area contributed by atoms with E-state index < -0.39 is 50.9 Å². The summed E-state index contributed by atoms with van der Waals surface area (Å²) in [5, 5.41) is 2.38. The van der Waals surface area contributed by atoms with Gasteiger partial charge in [-0.05, 0) is 36.2 Å². The molecule has 0 fully saturated rings. The number of halogens is 6. The molecule has 0 aliphatic carbocycles. The zero-order chi connectivity index (χ0) is 24.4. The van der Waals surface area contributed by atoms with Gasteiger partial charge in [-0.1, -0.05) is 30.3 Å². The van der Waals surface area contributed by atoms with E-state index in [1.54, 1.807) is 0 Å². The van der Waals surface area contributed by atoms with Crippen LogP contribution in [0.3, 0.4) is 0 Å². The molecule has 1 N–H and O–H groups in total. The van der Waals surface area contributed by atoms with Crippen LogP contribution < -0.4 is 5.32 Å². The van der Waals surface area contributed by atoms with Crippen LogP contribution in [-0.4, -0.2) is 26.7 Å².